The molecule has 0 spiro atoms. The van der Waals surface area contributed by atoms with E-state index in [2.05, 4.69) is 20.3 Å². The summed E-state index contributed by atoms with van der Waals surface area (Å²) < 4.78 is 27.7. The van der Waals surface area contributed by atoms with Crippen molar-refractivity contribution in [2.75, 3.05) is 12.8 Å². The maximum absolute atomic E-state index is 11.7. The molecule has 2 aromatic rings. The quantitative estimate of drug-likeness (QED) is 0.807. The average molecular weight is 310 g/mol. The minimum absolute atomic E-state index is 0.144. The monoisotopic (exact) mass is 310 g/mol. The number of nitrogens with zero attached hydrogens (tertiary/aromatic N) is 3. The van der Waals surface area contributed by atoms with Crippen LogP contribution in [0.15, 0.2) is 28.2 Å². The first-order valence-electron chi connectivity index (χ1n) is 6.18. The normalized spacial score (nSPS) is 11.3. The summed E-state index contributed by atoms with van der Waals surface area (Å²) >= 11 is 0. The third-order valence-corrected chi connectivity index (χ3v) is 3.35. The molecule has 2 aromatic heterocycles. The Hall–Kier alpha value is -2.29. The predicted molar refractivity (Wildman–Crippen MR) is 73.3 cm³/mol. The van der Waals surface area contributed by atoms with Crippen molar-refractivity contribution >= 4 is 15.7 Å². The van der Waals surface area contributed by atoms with Crippen molar-refractivity contribution in [3.8, 4) is 11.5 Å². The van der Waals surface area contributed by atoms with Gasteiger partial charge in [0.15, 0.2) is 5.69 Å². The molecule has 8 nitrogen and oxygen atoms in total. The predicted octanol–water partition coefficient (Wildman–Crippen LogP) is 0.675. The molecule has 0 aliphatic heterocycles. The van der Waals surface area contributed by atoms with Crippen molar-refractivity contribution < 1.29 is 17.6 Å². The summed E-state index contributed by atoms with van der Waals surface area (Å²) in [6.45, 7) is 2.49. The van der Waals surface area contributed by atoms with E-state index in [0.717, 1.165) is 12.7 Å². The van der Waals surface area contributed by atoms with Gasteiger partial charge in [-0.3, -0.25) is 4.79 Å². The Kier molecular flexibility index (Phi) is 4.32. The lowest BCUT2D eigenvalue weighted by Crippen LogP contribution is -2.24. The maximum atomic E-state index is 11.7. The second kappa shape index (κ2) is 6.00. The van der Waals surface area contributed by atoms with E-state index in [0.29, 0.717) is 12.1 Å². The van der Waals surface area contributed by atoms with Crippen LogP contribution in [-0.2, 0) is 9.84 Å². The Morgan fingerprint density at radius 3 is 2.57 bits per heavy atom. The molecular weight excluding hydrogens is 296 g/mol. The first-order chi connectivity index (χ1) is 9.91. The van der Waals surface area contributed by atoms with Crippen LogP contribution >= 0.6 is 0 Å². The molecule has 0 bridgehead atoms. The molecule has 1 N–H and O–H groups in total. The van der Waals surface area contributed by atoms with E-state index in [9.17, 15) is 13.2 Å². The van der Waals surface area contributed by atoms with E-state index in [1.807, 2.05) is 6.92 Å². The van der Waals surface area contributed by atoms with E-state index < -0.39 is 9.84 Å². The molecule has 112 valence electrons. The van der Waals surface area contributed by atoms with Gasteiger partial charge in [-0.25, -0.2) is 23.4 Å². The number of oxazole rings is 1. The maximum Gasteiger partial charge on any atom is 0.273 e. The number of carbonyl (C=O) groups is 1. The lowest BCUT2D eigenvalue weighted by atomic mass is 10.3. The van der Waals surface area contributed by atoms with E-state index in [4.69, 9.17) is 4.42 Å². The molecule has 0 saturated carbocycles. The zero-order chi connectivity index (χ0) is 15.5. The van der Waals surface area contributed by atoms with Crippen LogP contribution in [0.25, 0.3) is 11.5 Å². The third kappa shape index (κ3) is 3.63. The second-order valence-electron chi connectivity index (χ2n) is 4.32. The number of aromatic nitrogens is 3. The van der Waals surface area contributed by atoms with Crippen molar-refractivity contribution in [1.82, 2.24) is 20.3 Å². The molecule has 21 heavy (non-hydrogen) atoms. The number of rotatable bonds is 5. The first kappa shape index (κ1) is 15.1. The largest absolute Gasteiger partial charge is 0.444 e. The van der Waals surface area contributed by atoms with Crippen molar-refractivity contribution in [1.29, 1.82) is 0 Å². The van der Waals surface area contributed by atoms with Crippen LogP contribution in [0, 0.1) is 0 Å². The molecule has 2 heterocycles. The zero-order valence-electron chi connectivity index (χ0n) is 11.5. The first-order valence-corrected chi connectivity index (χ1v) is 8.07. The van der Waals surface area contributed by atoms with E-state index in [-0.39, 0.29) is 22.6 Å². The highest BCUT2D eigenvalue weighted by Gasteiger charge is 2.15. The summed E-state index contributed by atoms with van der Waals surface area (Å²) in [7, 11) is -3.46. The molecule has 2 rings (SSSR count). The Labute approximate surface area is 121 Å². The minimum atomic E-state index is -3.46. The van der Waals surface area contributed by atoms with Gasteiger partial charge in [-0.2, -0.15) is 0 Å². The lowest BCUT2D eigenvalue weighted by Gasteiger charge is -1.98. The SMILES string of the molecule is CCCNC(=O)c1coc(-c2cnc(S(C)(=O)=O)nc2)n1. The van der Waals surface area contributed by atoms with E-state index in [1.54, 1.807) is 0 Å². The summed E-state index contributed by atoms with van der Waals surface area (Å²) in [5, 5.41) is 2.39. The highest BCUT2D eigenvalue weighted by molar-refractivity contribution is 7.90. The smallest absolute Gasteiger partial charge is 0.273 e. The fourth-order valence-electron chi connectivity index (χ4n) is 1.46. The van der Waals surface area contributed by atoms with Gasteiger partial charge in [0, 0.05) is 25.2 Å². The van der Waals surface area contributed by atoms with Crippen molar-refractivity contribution in [2.24, 2.45) is 0 Å². The van der Waals surface area contributed by atoms with E-state index >= 15 is 0 Å². The van der Waals surface area contributed by atoms with Gasteiger partial charge in [0.2, 0.25) is 20.9 Å². The molecule has 0 aromatic carbocycles. The topological polar surface area (TPSA) is 115 Å². The van der Waals surface area contributed by atoms with Gasteiger partial charge in [-0.1, -0.05) is 6.92 Å². The van der Waals surface area contributed by atoms with Crippen LogP contribution in [0.4, 0.5) is 0 Å². The summed E-state index contributed by atoms with van der Waals surface area (Å²) in [6, 6.07) is 0. The van der Waals surface area contributed by atoms with Crippen LogP contribution in [0.2, 0.25) is 0 Å². The van der Waals surface area contributed by atoms with Gasteiger partial charge in [0.05, 0.1) is 5.56 Å². The van der Waals surface area contributed by atoms with Crippen LogP contribution in [-0.4, -0.2) is 42.1 Å². The van der Waals surface area contributed by atoms with Gasteiger partial charge >= 0.3 is 0 Å². The average Bonchev–Trinajstić information content (AvgIpc) is 2.94. The standard InChI is InChI=1S/C12H14N4O4S/c1-3-4-13-10(17)9-7-20-11(16-9)8-5-14-12(15-6-8)21(2,18)19/h5-7H,3-4H2,1-2H3,(H,13,17). The number of hydrogen-bond acceptors (Lipinski definition) is 7. The minimum Gasteiger partial charge on any atom is -0.444 e. The summed E-state index contributed by atoms with van der Waals surface area (Å²) in [6.07, 6.45) is 5.62. The number of carbonyl (C=O) groups excluding carboxylic acids is 1. The number of hydrogen-bond donors (Lipinski definition) is 1. The highest BCUT2D eigenvalue weighted by atomic mass is 32.2. The van der Waals surface area contributed by atoms with Crippen molar-refractivity contribution in [3.63, 3.8) is 0 Å². The molecule has 0 atom stereocenters. The van der Waals surface area contributed by atoms with Crippen LogP contribution < -0.4 is 5.32 Å². The summed E-state index contributed by atoms with van der Waals surface area (Å²) in [5.41, 5.74) is 0.530. The Balaban J connectivity index is 2.20. The van der Waals surface area contributed by atoms with E-state index in [1.165, 1.54) is 18.7 Å². The molecule has 0 aliphatic carbocycles. The van der Waals surface area contributed by atoms with Crippen LogP contribution in [0.1, 0.15) is 23.8 Å². The fourth-order valence-corrected chi connectivity index (χ4v) is 1.95. The summed E-state index contributed by atoms with van der Waals surface area (Å²) in [5.74, 6) is -0.183. The highest BCUT2D eigenvalue weighted by Crippen LogP contribution is 2.17. The van der Waals surface area contributed by atoms with Gasteiger partial charge in [-0.15, -0.1) is 0 Å². The van der Waals surface area contributed by atoms with Crippen LogP contribution in [0.5, 0.6) is 0 Å². The van der Waals surface area contributed by atoms with Crippen LogP contribution in [0.3, 0.4) is 0 Å². The molecular formula is C12H14N4O4S. The third-order valence-electron chi connectivity index (χ3n) is 2.48. The Morgan fingerprint density at radius 2 is 2.00 bits per heavy atom. The molecule has 1 amide bonds. The lowest BCUT2D eigenvalue weighted by molar-refractivity contribution is 0.0948. The zero-order valence-corrected chi connectivity index (χ0v) is 12.3. The Bertz CT molecular complexity index is 737. The van der Waals surface area contributed by atoms with Crippen molar-refractivity contribution in [2.45, 2.75) is 18.5 Å². The molecule has 0 radical (unpaired) electrons. The van der Waals surface area contributed by atoms with Gasteiger partial charge in [-0.05, 0) is 6.42 Å². The molecule has 0 aliphatic rings. The molecule has 9 heteroatoms. The second-order valence-corrected chi connectivity index (χ2v) is 6.23. The number of amides is 1. The number of nitrogens with one attached hydrogen (secondary N) is 1. The molecule has 0 unspecified atom stereocenters. The number of sulfone groups is 1. The Morgan fingerprint density at radius 1 is 1.33 bits per heavy atom. The van der Waals surface area contributed by atoms with Gasteiger partial charge in [0.1, 0.15) is 6.26 Å². The summed E-state index contributed by atoms with van der Waals surface area (Å²) in [4.78, 5) is 23.2. The molecule has 0 saturated heterocycles. The van der Waals surface area contributed by atoms with Gasteiger partial charge in [0.25, 0.3) is 5.91 Å². The van der Waals surface area contributed by atoms with Crippen molar-refractivity contribution in [3.05, 3.63) is 24.4 Å². The van der Waals surface area contributed by atoms with Gasteiger partial charge < -0.3 is 9.73 Å². The molecule has 0 fully saturated rings. The fraction of sp³-hybridized carbons (Fsp3) is 0.333.